The van der Waals surface area contributed by atoms with Crippen molar-refractivity contribution in [2.45, 2.75) is 12.5 Å². The molecule has 1 fully saturated rings. The Labute approximate surface area is 95.0 Å². The first kappa shape index (κ1) is 11.0. The molecule has 2 rings (SSSR count). The summed E-state index contributed by atoms with van der Waals surface area (Å²) in [4.78, 5) is 11.3. The molecule has 1 heterocycles. The lowest BCUT2D eigenvalue weighted by molar-refractivity contribution is 0.0963. The van der Waals surface area contributed by atoms with Gasteiger partial charge in [-0.2, -0.15) is 0 Å². The lowest BCUT2D eigenvalue weighted by Crippen LogP contribution is -2.20. The van der Waals surface area contributed by atoms with Gasteiger partial charge in [-0.25, -0.2) is 0 Å². The van der Waals surface area contributed by atoms with Gasteiger partial charge in [0.1, 0.15) is 11.9 Å². The highest BCUT2D eigenvalue weighted by atomic mass is 16.5. The number of carbonyl (C=O) groups excluding carboxylic acids is 1. The second kappa shape index (κ2) is 4.99. The van der Waals surface area contributed by atoms with Crippen LogP contribution in [0.3, 0.4) is 0 Å². The van der Waals surface area contributed by atoms with Gasteiger partial charge in [-0.3, -0.25) is 4.79 Å². The van der Waals surface area contributed by atoms with E-state index in [2.05, 4.69) is 10.6 Å². The number of carbonyl (C=O) groups is 1. The largest absolute Gasteiger partial charge is 0.489 e. The third kappa shape index (κ3) is 2.52. The SMILES string of the molecule is CNC(=O)c1ccc(OC2CCNC2)cc1. The molecule has 1 unspecified atom stereocenters. The molecule has 1 aromatic carbocycles. The highest BCUT2D eigenvalue weighted by Gasteiger charge is 2.15. The summed E-state index contributed by atoms with van der Waals surface area (Å²) in [6.45, 7) is 1.91. The van der Waals surface area contributed by atoms with Crippen LogP contribution in [0.5, 0.6) is 5.75 Å². The van der Waals surface area contributed by atoms with Crippen LogP contribution in [0.25, 0.3) is 0 Å². The van der Waals surface area contributed by atoms with Crippen molar-refractivity contribution in [2.75, 3.05) is 20.1 Å². The van der Waals surface area contributed by atoms with E-state index in [1.165, 1.54) is 0 Å². The average molecular weight is 220 g/mol. The summed E-state index contributed by atoms with van der Waals surface area (Å²) in [6, 6.07) is 7.22. The Morgan fingerprint density at radius 3 is 2.75 bits per heavy atom. The summed E-state index contributed by atoms with van der Waals surface area (Å²) in [5.74, 6) is 0.746. The van der Waals surface area contributed by atoms with Crippen molar-refractivity contribution in [2.24, 2.45) is 0 Å². The zero-order chi connectivity index (χ0) is 11.4. The first-order valence-corrected chi connectivity index (χ1v) is 5.49. The highest BCUT2D eigenvalue weighted by Crippen LogP contribution is 2.16. The van der Waals surface area contributed by atoms with Crippen LogP contribution in [0, 0.1) is 0 Å². The molecule has 4 nitrogen and oxygen atoms in total. The molecule has 1 aliphatic rings. The number of amides is 1. The first-order chi connectivity index (χ1) is 7.79. The second-order valence-electron chi connectivity index (χ2n) is 3.84. The molecule has 2 N–H and O–H groups in total. The number of hydrogen-bond donors (Lipinski definition) is 2. The molecule has 0 bridgehead atoms. The van der Waals surface area contributed by atoms with E-state index in [0.717, 1.165) is 25.3 Å². The van der Waals surface area contributed by atoms with Crippen molar-refractivity contribution in [1.82, 2.24) is 10.6 Å². The Morgan fingerprint density at radius 2 is 2.19 bits per heavy atom. The van der Waals surface area contributed by atoms with Crippen LogP contribution in [0.15, 0.2) is 24.3 Å². The molecule has 0 radical (unpaired) electrons. The minimum absolute atomic E-state index is 0.0749. The number of hydrogen-bond acceptors (Lipinski definition) is 3. The zero-order valence-electron chi connectivity index (χ0n) is 9.32. The third-order valence-corrected chi connectivity index (χ3v) is 2.66. The van der Waals surface area contributed by atoms with Gasteiger partial charge in [-0.05, 0) is 37.2 Å². The summed E-state index contributed by atoms with van der Waals surface area (Å²) in [7, 11) is 1.62. The van der Waals surface area contributed by atoms with Crippen LogP contribution in [0.1, 0.15) is 16.8 Å². The summed E-state index contributed by atoms with van der Waals surface area (Å²) in [5.41, 5.74) is 0.652. The van der Waals surface area contributed by atoms with Crippen LogP contribution in [0.4, 0.5) is 0 Å². The molecule has 16 heavy (non-hydrogen) atoms. The van der Waals surface area contributed by atoms with Gasteiger partial charge in [0.15, 0.2) is 0 Å². The quantitative estimate of drug-likeness (QED) is 0.791. The van der Waals surface area contributed by atoms with E-state index in [1.54, 1.807) is 19.2 Å². The van der Waals surface area contributed by atoms with E-state index in [9.17, 15) is 4.79 Å². The van der Waals surface area contributed by atoms with Crippen LogP contribution in [-0.4, -0.2) is 32.1 Å². The Kier molecular flexibility index (Phi) is 3.41. The molecular weight excluding hydrogens is 204 g/mol. The first-order valence-electron chi connectivity index (χ1n) is 5.49. The van der Waals surface area contributed by atoms with Crippen LogP contribution < -0.4 is 15.4 Å². The predicted octanol–water partition coefficient (Wildman–Crippen LogP) is 0.787. The average Bonchev–Trinajstić information content (AvgIpc) is 2.82. The molecule has 0 aromatic heterocycles. The molecule has 1 aliphatic heterocycles. The Bertz CT molecular complexity index is 356. The van der Waals surface area contributed by atoms with Crippen molar-refractivity contribution in [1.29, 1.82) is 0 Å². The molecular formula is C12H16N2O2. The molecule has 86 valence electrons. The van der Waals surface area contributed by atoms with E-state index in [0.29, 0.717) is 5.56 Å². The summed E-state index contributed by atoms with van der Waals surface area (Å²) in [6.07, 6.45) is 1.29. The fraction of sp³-hybridized carbons (Fsp3) is 0.417. The maximum Gasteiger partial charge on any atom is 0.251 e. The van der Waals surface area contributed by atoms with Crippen molar-refractivity contribution in [3.05, 3.63) is 29.8 Å². The lowest BCUT2D eigenvalue weighted by atomic mass is 10.2. The topological polar surface area (TPSA) is 50.4 Å². The normalized spacial score (nSPS) is 19.4. The maximum atomic E-state index is 11.3. The molecule has 1 saturated heterocycles. The van der Waals surface area contributed by atoms with Gasteiger partial charge in [0, 0.05) is 19.2 Å². The fourth-order valence-corrected chi connectivity index (χ4v) is 1.75. The predicted molar refractivity (Wildman–Crippen MR) is 61.7 cm³/mol. The standard InChI is InChI=1S/C12H16N2O2/c1-13-12(15)9-2-4-10(5-3-9)16-11-6-7-14-8-11/h2-5,11,14H,6-8H2,1H3,(H,13,15). The van der Waals surface area contributed by atoms with Crippen molar-refractivity contribution in [3.8, 4) is 5.75 Å². The van der Waals surface area contributed by atoms with E-state index >= 15 is 0 Å². The van der Waals surface area contributed by atoms with Gasteiger partial charge in [0.25, 0.3) is 5.91 Å². The van der Waals surface area contributed by atoms with Gasteiger partial charge < -0.3 is 15.4 Å². The maximum absolute atomic E-state index is 11.3. The minimum Gasteiger partial charge on any atom is -0.489 e. The zero-order valence-corrected chi connectivity index (χ0v) is 9.32. The second-order valence-corrected chi connectivity index (χ2v) is 3.84. The number of benzene rings is 1. The van der Waals surface area contributed by atoms with Gasteiger partial charge in [0.05, 0.1) is 0 Å². The van der Waals surface area contributed by atoms with Crippen LogP contribution in [0.2, 0.25) is 0 Å². The Balaban J connectivity index is 1.98. The summed E-state index contributed by atoms with van der Waals surface area (Å²) < 4.78 is 5.75. The van der Waals surface area contributed by atoms with Crippen LogP contribution in [-0.2, 0) is 0 Å². The smallest absolute Gasteiger partial charge is 0.251 e. The van der Waals surface area contributed by atoms with Crippen molar-refractivity contribution >= 4 is 5.91 Å². The fourth-order valence-electron chi connectivity index (χ4n) is 1.75. The highest BCUT2D eigenvalue weighted by molar-refractivity contribution is 5.94. The number of ether oxygens (including phenoxy) is 1. The van der Waals surface area contributed by atoms with E-state index in [1.807, 2.05) is 12.1 Å². The van der Waals surface area contributed by atoms with E-state index in [-0.39, 0.29) is 12.0 Å². The molecule has 1 atom stereocenters. The summed E-state index contributed by atoms with van der Waals surface area (Å²) in [5, 5.41) is 5.83. The number of rotatable bonds is 3. The Morgan fingerprint density at radius 1 is 1.44 bits per heavy atom. The lowest BCUT2D eigenvalue weighted by Gasteiger charge is -2.12. The van der Waals surface area contributed by atoms with Crippen molar-refractivity contribution < 1.29 is 9.53 Å². The summed E-state index contributed by atoms with van der Waals surface area (Å²) >= 11 is 0. The molecule has 0 saturated carbocycles. The monoisotopic (exact) mass is 220 g/mol. The van der Waals surface area contributed by atoms with E-state index in [4.69, 9.17) is 4.74 Å². The third-order valence-electron chi connectivity index (χ3n) is 2.66. The molecule has 4 heteroatoms. The number of nitrogens with one attached hydrogen (secondary N) is 2. The van der Waals surface area contributed by atoms with Crippen molar-refractivity contribution in [3.63, 3.8) is 0 Å². The molecule has 0 aliphatic carbocycles. The molecule has 0 spiro atoms. The van der Waals surface area contributed by atoms with Gasteiger partial charge in [-0.1, -0.05) is 0 Å². The Hall–Kier alpha value is -1.55. The molecule has 1 amide bonds. The molecule has 1 aromatic rings. The van der Waals surface area contributed by atoms with Gasteiger partial charge in [-0.15, -0.1) is 0 Å². The van der Waals surface area contributed by atoms with E-state index < -0.39 is 0 Å². The minimum atomic E-state index is -0.0749. The van der Waals surface area contributed by atoms with Gasteiger partial charge >= 0.3 is 0 Å². The van der Waals surface area contributed by atoms with Crippen LogP contribution >= 0.6 is 0 Å². The van der Waals surface area contributed by atoms with Gasteiger partial charge in [0.2, 0.25) is 0 Å².